The van der Waals surface area contributed by atoms with Crippen LogP contribution in [0.5, 0.6) is 0 Å². The van der Waals surface area contributed by atoms with Gasteiger partial charge in [0.2, 0.25) is 0 Å². The summed E-state index contributed by atoms with van der Waals surface area (Å²) in [4.78, 5) is 13.1. The van der Waals surface area contributed by atoms with Crippen LogP contribution in [0.1, 0.15) is 24.5 Å². The maximum atomic E-state index is 13.7. The van der Waals surface area contributed by atoms with Crippen molar-refractivity contribution in [3.8, 4) is 0 Å². The van der Waals surface area contributed by atoms with Gasteiger partial charge in [-0.25, -0.2) is 4.39 Å². The molecule has 1 N–H and O–H groups in total. The first-order valence-corrected chi connectivity index (χ1v) is 6.21. The second kappa shape index (κ2) is 5.06. The van der Waals surface area contributed by atoms with E-state index in [1.807, 2.05) is 24.8 Å². The normalized spacial score (nSPS) is 24.4. The zero-order valence-electron chi connectivity index (χ0n) is 10.7. The SMILES string of the molecule is Cc1ccc(F)c(CN2CCC(C(=O)O)C2C)c1. The maximum Gasteiger partial charge on any atom is 0.308 e. The summed E-state index contributed by atoms with van der Waals surface area (Å²) in [5, 5.41) is 9.07. The summed E-state index contributed by atoms with van der Waals surface area (Å²) in [6, 6.07) is 5.00. The molecule has 1 saturated heterocycles. The minimum Gasteiger partial charge on any atom is -0.481 e. The van der Waals surface area contributed by atoms with E-state index in [0.29, 0.717) is 25.1 Å². The minimum absolute atomic E-state index is 0.0394. The standard InChI is InChI=1S/C14H18FNO2/c1-9-3-4-13(15)11(7-9)8-16-6-5-12(10(16)2)14(17)18/h3-4,7,10,12H,5-6,8H2,1-2H3,(H,17,18). The molecule has 0 spiro atoms. The Bertz CT molecular complexity index is 461. The maximum absolute atomic E-state index is 13.7. The van der Waals surface area contributed by atoms with E-state index in [2.05, 4.69) is 0 Å². The number of hydrogen-bond donors (Lipinski definition) is 1. The fraction of sp³-hybridized carbons (Fsp3) is 0.500. The lowest BCUT2D eigenvalue weighted by Crippen LogP contribution is -2.32. The van der Waals surface area contributed by atoms with E-state index in [1.54, 1.807) is 6.07 Å². The van der Waals surface area contributed by atoms with E-state index in [0.717, 1.165) is 5.56 Å². The van der Waals surface area contributed by atoms with Gasteiger partial charge in [0.15, 0.2) is 0 Å². The Morgan fingerprint density at radius 2 is 2.28 bits per heavy atom. The third kappa shape index (κ3) is 2.53. The molecule has 3 nitrogen and oxygen atoms in total. The van der Waals surface area contributed by atoms with Gasteiger partial charge in [-0.05, 0) is 32.9 Å². The highest BCUT2D eigenvalue weighted by molar-refractivity contribution is 5.71. The molecule has 0 saturated carbocycles. The molecule has 0 amide bonds. The Morgan fingerprint density at radius 3 is 2.89 bits per heavy atom. The van der Waals surface area contributed by atoms with Gasteiger partial charge in [0, 0.05) is 18.2 Å². The summed E-state index contributed by atoms with van der Waals surface area (Å²) in [5.74, 6) is -1.31. The molecule has 1 fully saturated rings. The molecule has 4 heteroatoms. The third-order valence-corrected chi connectivity index (χ3v) is 3.78. The van der Waals surface area contributed by atoms with Gasteiger partial charge < -0.3 is 5.11 Å². The van der Waals surface area contributed by atoms with Crippen LogP contribution in [-0.4, -0.2) is 28.6 Å². The van der Waals surface area contributed by atoms with Gasteiger partial charge in [0.1, 0.15) is 5.82 Å². The monoisotopic (exact) mass is 251 g/mol. The first-order chi connectivity index (χ1) is 8.49. The smallest absolute Gasteiger partial charge is 0.308 e. The summed E-state index contributed by atoms with van der Waals surface area (Å²) in [6.07, 6.45) is 0.643. The number of hydrogen-bond acceptors (Lipinski definition) is 2. The lowest BCUT2D eigenvalue weighted by atomic mass is 10.0. The average Bonchev–Trinajstić information content (AvgIpc) is 2.66. The van der Waals surface area contributed by atoms with Crippen LogP contribution in [-0.2, 0) is 11.3 Å². The highest BCUT2D eigenvalue weighted by Crippen LogP contribution is 2.26. The molecular formula is C14H18FNO2. The molecule has 0 radical (unpaired) electrons. The number of aryl methyl sites for hydroxylation is 1. The predicted octanol–water partition coefficient (Wildman–Crippen LogP) is 2.43. The highest BCUT2D eigenvalue weighted by Gasteiger charge is 2.35. The lowest BCUT2D eigenvalue weighted by molar-refractivity contribution is -0.142. The van der Waals surface area contributed by atoms with Gasteiger partial charge in [-0.1, -0.05) is 17.7 Å². The number of likely N-dealkylation sites (tertiary alicyclic amines) is 1. The van der Waals surface area contributed by atoms with Crippen molar-refractivity contribution in [2.24, 2.45) is 5.92 Å². The second-order valence-electron chi connectivity index (χ2n) is 5.04. The number of carboxylic acid groups (broad SMARTS) is 1. The van der Waals surface area contributed by atoms with Crippen molar-refractivity contribution >= 4 is 5.97 Å². The molecule has 18 heavy (non-hydrogen) atoms. The third-order valence-electron chi connectivity index (χ3n) is 3.78. The topological polar surface area (TPSA) is 40.5 Å². The van der Waals surface area contributed by atoms with Crippen LogP contribution < -0.4 is 0 Å². The van der Waals surface area contributed by atoms with Crippen molar-refractivity contribution in [3.05, 3.63) is 35.1 Å². The molecule has 0 aliphatic carbocycles. The Morgan fingerprint density at radius 1 is 1.56 bits per heavy atom. The lowest BCUT2D eigenvalue weighted by Gasteiger charge is -2.23. The number of carbonyl (C=O) groups is 1. The van der Waals surface area contributed by atoms with E-state index < -0.39 is 5.97 Å². The Hall–Kier alpha value is -1.42. The van der Waals surface area contributed by atoms with Crippen LogP contribution in [0, 0.1) is 18.7 Å². The van der Waals surface area contributed by atoms with Crippen molar-refractivity contribution < 1.29 is 14.3 Å². The number of carboxylic acids is 1. The van der Waals surface area contributed by atoms with Gasteiger partial charge >= 0.3 is 5.97 Å². The zero-order valence-corrected chi connectivity index (χ0v) is 10.7. The van der Waals surface area contributed by atoms with Crippen molar-refractivity contribution in [2.75, 3.05) is 6.54 Å². The summed E-state index contributed by atoms with van der Waals surface area (Å²) < 4.78 is 13.7. The molecule has 2 rings (SSSR count). The van der Waals surface area contributed by atoms with E-state index in [1.165, 1.54) is 6.07 Å². The first kappa shape index (κ1) is 13.0. The number of nitrogens with zero attached hydrogens (tertiary/aromatic N) is 1. The van der Waals surface area contributed by atoms with Crippen LogP contribution in [0.4, 0.5) is 4.39 Å². The van der Waals surface area contributed by atoms with Crippen LogP contribution >= 0.6 is 0 Å². The molecule has 1 aliphatic heterocycles. The molecule has 0 aromatic heterocycles. The summed E-state index contributed by atoms with van der Waals surface area (Å²) >= 11 is 0. The Labute approximate surface area is 106 Å². The highest BCUT2D eigenvalue weighted by atomic mass is 19.1. The molecule has 1 heterocycles. The summed E-state index contributed by atoms with van der Waals surface area (Å²) in [7, 11) is 0. The van der Waals surface area contributed by atoms with Crippen LogP contribution in [0.15, 0.2) is 18.2 Å². The molecule has 2 atom stereocenters. The number of halogens is 1. The molecule has 1 aliphatic rings. The predicted molar refractivity (Wildman–Crippen MR) is 66.8 cm³/mol. The molecule has 0 bridgehead atoms. The second-order valence-corrected chi connectivity index (χ2v) is 5.04. The van der Waals surface area contributed by atoms with E-state index in [-0.39, 0.29) is 17.8 Å². The molecule has 1 aromatic carbocycles. The van der Waals surface area contributed by atoms with Crippen LogP contribution in [0.25, 0.3) is 0 Å². The van der Waals surface area contributed by atoms with Gasteiger partial charge in [-0.15, -0.1) is 0 Å². The minimum atomic E-state index is -0.755. The molecule has 1 aromatic rings. The van der Waals surface area contributed by atoms with Crippen LogP contribution in [0.2, 0.25) is 0 Å². The summed E-state index contributed by atoms with van der Waals surface area (Å²) in [6.45, 7) is 5.03. The summed E-state index contributed by atoms with van der Waals surface area (Å²) in [5.41, 5.74) is 1.67. The Kier molecular flexibility index (Phi) is 3.66. The van der Waals surface area contributed by atoms with E-state index in [4.69, 9.17) is 5.11 Å². The quantitative estimate of drug-likeness (QED) is 0.897. The largest absolute Gasteiger partial charge is 0.481 e. The zero-order chi connectivity index (χ0) is 13.3. The van der Waals surface area contributed by atoms with Gasteiger partial charge in [-0.3, -0.25) is 9.69 Å². The fourth-order valence-electron chi connectivity index (χ4n) is 2.60. The van der Waals surface area contributed by atoms with E-state index >= 15 is 0 Å². The van der Waals surface area contributed by atoms with Crippen molar-refractivity contribution in [3.63, 3.8) is 0 Å². The molecule has 2 unspecified atom stereocenters. The van der Waals surface area contributed by atoms with Gasteiger partial charge in [0.05, 0.1) is 5.92 Å². The Balaban J connectivity index is 2.11. The van der Waals surface area contributed by atoms with Crippen LogP contribution in [0.3, 0.4) is 0 Å². The number of benzene rings is 1. The van der Waals surface area contributed by atoms with Gasteiger partial charge in [-0.2, -0.15) is 0 Å². The van der Waals surface area contributed by atoms with E-state index in [9.17, 15) is 9.18 Å². The molecule has 98 valence electrons. The number of aliphatic carboxylic acids is 1. The first-order valence-electron chi connectivity index (χ1n) is 6.21. The van der Waals surface area contributed by atoms with Gasteiger partial charge in [0.25, 0.3) is 0 Å². The van der Waals surface area contributed by atoms with Crippen molar-refractivity contribution in [2.45, 2.75) is 32.9 Å². The van der Waals surface area contributed by atoms with Crippen molar-refractivity contribution in [1.29, 1.82) is 0 Å². The molecular weight excluding hydrogens is 233 g/mol. The fourth-order valence-corrected chi connectivity index (χ4v) is 2.60. The average molecular weight is 251 g/mol. The number of rotatable bonds is 3. The van der Waals surface area contributed by atoms with Crippen molar-refractivity contribution in [1.82, 2.24) is 4.90 Å².